The normalized spacial score (nSPS) is 12.6. The van der Waals surface area contributed by atoms with E-state index in [1.165, 1.54) is 11.8 Å². The Bertz CT molecular complexity index is 948. The van der Waals surface area contributed by atoms with Crippen LogP contribution in [0.2, 0.25) is 0 Å². The molecule has 5 nitrogen and oxygen atoms in total. The number of hydrogen-bond acceptors (Lipinski definition) is 4. The molecule has 3 rings (SSSR count). The van der Waals surface area contributed by atoms with Crippen molar-refractivity contribution in [1.82, 2.24) is 19.7 Å². The van der Waals surface area contributed by atoms with Crippen LogP contribution in [0.25, 0.3) is 5.69 Å². The molecular formula is C23H28N4OS. The first-order valence-corrected chi connectivity index (χ1v) is 10.6. The number of aromatic nitrogens is 3. The molecule has 3 aromatic rings. The molecule has 0 bridgehead atoms. The van der Waals surface area contributed by atoms with Crippen LogP contribution in [0.3, 0.4) is 0 Å². The molecule has 6 heteroatoms. The van der Waals surface area contributed by atoms with Crippen LogP contribution in [0.5, 0.6) is 0 Å². The Kier molecular flexibility index (Phi) is 6.42. The molecule has 0 fully saturated rings. The highest BCUT2D eigenvalue weighted by atomic mass is 32.2. The van der Waals surface area contributed by atoms with E-state index in [-0.39, 0.29) is 16.7 Å². The van der Waals surface area contributed by atoms with Gasteiger partial charge in [-0.25, -0.2) is 0 Å². The molecule has 2 aromatic carbocycles. The van der Waals surface area contributed by atoms with Gasteiger partial charge in [-0.05, 0) is 52.3 Å². The number of carbonyl (C=O) groups excluding carboxylic acids is 1. The van der Waals surface area contributed by atoms with Crippen LogP contribution in [0.4, 0.5) is 0 Å². The summed E-state index contributed by atoms with van der Waals surface area (Å²) in [6.07, 6.45) is 0. The Morgan fingerprint density at radius 1 is 1.03 bits per heavy atom. The molecule has 152 valence electrons. The second-order valence-corrected chi connectivity index (χ2v) is 9.35. The molecule has 0 spiro atoms. The Balaban J connectivity index is 1.82. The molecule has 0 aliphatic heterocycles. The SMILES string of the molecule is Cc1nnc(S[C@H](C)C(=O)N(Cc2ccccc2)C(C)(C)C)n1-c1ccccc1. The first-order chi connectivity index (χ1) is 13.8. The lowest BCUT2D eigenvalue weighted by Gasteiger charge is -2.37. The maximum atomic E-state index is 13.4. The Morgan fingerprint density at radius 3 is 2.21 bits per heavy atom. The summed E-state index contributed by atoms with van der Waals surface area (Å²) in [4.78, 5) is 15.3. The molecule has 0 N–H and O–H groups in total. The van der Waals surface area contributed by atoms with Gasteiger partial charge in [0.25, 0.3) is 0 Å². The van der Waals surface area contributed by atoms with E-state index in [0.717, 1.165) is 22.2 Å². The van der Waals surface area contributed by atoms with Crippen molar-refractivity contribution >= 4 is 17.7 Å². The van der Waals surface area contributed by atoms with E-state index in [9.17, 15) is 4.79 Å². The van der Waals surface area contributed by atoms with Crippen molar-refractivity contribution in [3.05, 3.63) is 72.1 Å². The maximum Gasteiger partial charge on any atom is 0.236 e. The highest BCUT2D eigenvalue weighted by molar-refractivity contribution is 8.00. The first-order valence-electron chi connectivity index (χ1n) is 9.77. The van der Waals surface area contributed by atoms with Gasteiger partial charge in [0, 0.05) is 17.8 Å². The third kappa shape index (κ3) is 5.07. The molecule has 1 atom stereocenters. The van der Waals surface area contributed by atoms with Crippen LogP contribution in [0.15, 0.2) is 65.8 Å². The largest absolute Gasteiger partial charge is 0.333 e. The molecular weight excluding hydrogens is 380 g/mol. The lowest BCUT2D eigenvalue weighted by Crippen LogP contribution is -2.48. The van der Waals surface area contributed by atoms with Crippen molar-refractivity contribution in [2.24, 2.45) is 0 Å². The van der Waals surface area contributed by atoms with Gasteiger partial charge in [-0.1, -0.05) is 60.3 Å². The fourth-order valence-corrected chi connectivity index (χ4v) is 4.11. The fraction of sp³-hybridized carbons (Fsp3) is 0.348. The lowest BCUT2D eigenvalue weighted by molar-refractivity contribution is -0.135. The predicted octanol–water partition coefficient (Wildman–Crippen LogP) is 4.88. The predicted molar refractivity (Wildman–Crippen MR) is 118 cm³/mol. The van der Waals surface area contributed by atoms with Gasteiger partial charge in [-0.3, -0.25) is 9.36 Å². The number of hydrogen-bond donors (Lipinski definition) is 0. The molecule has 0 aliphatic rings. The quantitative estimate of drug-likeness (QED) is 0.545. The fourth-order valence-electron chi connectivity index (χ4n) is 3.13. The van der Waals surface area contributed by atoms with Crippen LogP contribution in [-0.2, 0) is 11.3 Å². The molecule has 1 aromatic heterocycles. The van der Waals surface area contributed by atoms with Crippen molar-refractivity contribution < 1.29 is 4.79 Å². The highest BCUT2D eigenvalue weighted by Crippen LogP contribution is 2.29. The maximum absolute atomic E-state index is 13.4. The zero-order valence-corrected chi connectivity index (χ0v) is 18.5. The van der Waals surface area contributed by atoms with Crippen molar-refractivity contribution in [1.29, 1.82) is 0 Å². The van der Waals surface area contributed by atoms with Gasteiger partial charge in [0.1, 0.15) is 5.82 Å². The van der Waals surface area contributed by atoms with E-state index in [1.807, 2.05) is 71.8 Å². The monoisotopic (exact) mass is 408 g/mol. The second kappa shape index (κ2) is 8.82. The molecule has 0 saturated carbocycles. The lowest BCUT2D eigenvalue weighted by atomic mass is 10.0. The van der Waals surface area contributed by atoms with E-state index in [4.69, 9.17) is 0 Å². The van der Waals surface area contributed by atoms with Crippen molar-refractivity contribution in [3.63, 3.8) is 0 Å². The molecule has 0 saturated heterocycles. The van der Waals surface area contributed by atoms with Crippen LogP contribution in [-0.4, -0.2) is 36.4 Å². The minimum atomic E-state index is -0.288. The Hall–Kier alpha value is -2.60. The average Bonchev–Trinajstić information content (AvgIpc) is 3.06. The minimum Gasteiger partial charge on any atom is -0.333 e. The van der Waals surface area contributed by atoms with Crippen molar-refractivity contribution in [2.75, 3.05) is 0 Å². The van der Waals surface area contributed by atoms with Crippen LogP contribution in [0.1, 0.15) is 39.1 Å². The van der Waals surface area contributed by atoms with Crippen LogP contribution in [0, 0.1) is 6.92 Å². The summed E-state index contributed by atoms with van der Waals surface area (Å²) in [5, 5.41) is 9.00. The van der Waals surface area contributed by atoms with E-state index in [1.54, 1.807) is 0 Å². The van der Waals surface area contributed by atoms with Gasteiger partial charge < -0.3 is 4.90 Å². The Labute approximate surface area is 177 Å². The minimum absolute atomic E-state index is 0.0895. The number of thioether (sulfide) groups is 1. The summed E-state index contributed by atoms with van der Waals surface area (Å²) >= 11 is 1.45. The second-order valence-electron chi connectivity index (χ2n) is 8.04. The van der Waals surface area contributed by atoms with Crippen molar-refractivity contribution in [3.8, 4) is 5.69 Å². The smallest absolute Gasteiger partial charge is 0.236 e. The summed E-state index contributed by atoms with van der Waals surface area (Å²) in [5.74, 6) is 0.891. The molecule has 0 radical (unpaired) electrons. The summed E-state index contributed by atoms with van der Waals surface area (Å²) in [5.41, 5.74) is 1.83. The van der Waals surface area contributed by atoms with Gasteiger partial charge in [0.05, 0.1) is 5.25 Å². The van der Waals surface area contributed by atoms with E-state index < -0.39 is 0 Å². The standard InChI is InChI=1S/C23H28N4OS/c1-17(21(28)26(23(3,4)5)16-19-12-8-6-9-13-19)29-22-25-24-18(2)27(22)20-14-10-7-11-15-20/h6-15,17H,16H2,1-5H3/t17-/m1/s1. The molecule has 0 unspecified atom stereocenters. The summed E-state index contributed by atoms with van der Waals surface area (Å²) in [6.45, 7) is 10.7. The summed E-state index contributed by atoms with van der Waals surface area (Å²) < 4.78 is 1.99. The van der Waals surface area contributed by atoms with Crippen LogP contribution >= 0.6 is 11.8 Å². The third-order valence-electron chi connectivity index (χ3n) is 4.70. The highest BCUT2D eigenvalue weighted by Gasteiger charge is 2.31. The number of amides is 1. The van der Waals surface area contributed by atoms with E-state index in [0.29, 0.717) is 6.54 Å². The number of carbonyl (C=O) groups is 1. The number of nitrogens with zero attached hydrogens (tertiary/aromatic N) is 4. The number of aryl methyl sites for hydroxylation is 1. The van der Waals surface area contributed by atoms with Gasteiger partial charge in [-0.15, -0.1) is 10.2 Å². The molecule has 1 heterocycles. The summed E-state index contributed by atoms with van der Waals surface area (Å²) in [6, 6.07) is 20.1. The van der Waals surface area contributed by atoms with Gasteiger partial charge in [-0.2, -0.15) is 0 Å². The van der Waals surface area contributed by atoms with Gasteiger partial charge in [0.15, 0.2) is 5.16 Å². The molecule has 1 amide bonds. The number of para-hydroxylation sites is 1. The Morgan fingerprint density at radius 2 is 1.62 bits per heavy atom. The van der Waals surface area contributed by atoms with Crippen LogP contribution < -0.4 is 0 Å². The molecule has 29 heavy (non-hydrogen) atoms. The number of benzene rings is 2. The van der Waals surface area contributed by atoms with E-state index in [2.05, 4.69) is 43.1 Å². The number of rotatable bonds is 6. The van der Waals surface area contributed by atoms with Gasteiger partial charge in [0.2, 0.25) is 5.91 Å². The topological polar surface area (TPSA) is 51.0 Å². The van der Waals surface area contributed by atoms with Gasteiger partial charge >= 0.3 is 0 Å². The first kappa shape index (κ1) is 21.1. The van der Waals surface area contributed by atoms with Crippen molar-refractivity contribution in [2.45, 2.75) is 57.1 Å². The summed E-state index contributed by atoms with van der Waals surface area (Å²) in [7, 11) is 0. The zero-order chi connectivity index (χ0) is 21.0. The zero-order valence-electron chi connectivity index (χ0n) is 17.7. The van der Waals surface area contributed by atoms with E-state index >= 15 is 0 Å². The average molecular weight is 409 g/mol. The third-order valence-corrected chi connectivity index (χ3v) is 5.73. The molecule has 0 aliphatic carbocycles.